The van der Waals surface area contributed by atoms with Gasteiger partial charge in [0.1, 0.15) is 6.10 Å². The predicted molar refractivity (Wildman–Crippen MR) is 95.8 cm³/mol. The Balaban J connectivity index is 1.50. The number of aryl methyl sites for hydroxylation is 1. The van der Waals surface area contributed by atoms with Crippen molar-refractivity contribution in [3.8, 4) is 0 Å². The summed E-state index contributed by atoms with van der Waals surface area (Å²) < 4.78 is 2.02. The highest BCUT2D eigenvalue weighted by Crippen LogP contribution is 2.24. The lowest BCUT2D eigenvalue weighted by atomic mass is 10.1. The van der Waals surface area contributed by atoms with Gasteiger partial charge in [-0.1, -0.05) is 36.4 Å². The van der Waals surface area contributed by atoms with E-state index in [9.17, 15) is 5.11 Å². The highest BCUT2D eigenvalue weighted by Gasteiger charge is 2.22. The Hall–Kier alpha value is -2.50. The quantitative estimate of drug-likeness (QED) is 0.797. The summed E-state index contributed by atoms with van der Waals surface area (Å²) in [6.45, 7) is 5.57. The molecule has 0 radical (unpaired) electrons. The fourth-order valence-electron chi connectivity index (χ4n) is 3.34. The molecule has 2 aromatic heterocycles. The highest BCUT2D eigenvalue weighted by molar-refractivity contribution is 5.27. The first-order valence-electron chi connectivity index (χ1n) is 8.63. The van der Waals surface area contributed by atoms with E-state index in [1.54, 1.807) is 0 Å². The summed E-state index contributed by atoms with van der Waals surface area (Å²) in [5.74, 6) is 0. The molecule has 128 valence electrons. The molecule has 25 heavy (non-hydrogen) atoms. The van der Waals surface area contributed by atoms with Crippen LogP contribution in [0.3, 0.4) is 0 Å². The predicted octanol–water partition coefficient (Wildman–Crippen LogP) is 2.68. The van der Waals surface area contributed by atoms with Crippen molar-refractivity contribution in [3.63, 3.8) is 0 Å². The molecule has 1 atom stereocenters. The van der Waals surface area contributed by atoms with E-state index in [2.05, 4.69) is 28.0 Å². The minimum Gasteiger partial charge on any atom is -0.382 e. The molecule has 0 aliphatic carbocycles. The van der Waals surface area contributed by atoms with E-state index < -0.39 is 6.10 Å². The van der Waals surface area contributed by atoms with Crippen LogP contribution in [-0.2, 0) is 19.6 Å². The number of rotatable bonds is 4. The fourth-order valence-corrected chi connectivity index (χ4v) is 3.34. The number of hydrogen-bond donors (Lipinski definition) is 1. The third-order valence-electron chi connectivity index (χ3n) is 4.80. The lowest BCUT2D eigenvalue weighted by Gasteiger charge is -2.27. The molecule has 0 amide bonds. The van der Waals surface area contributed by atoms with Gasteiger partial charge in [0.15, 0.2) is 0 Å². The zero-order chi connectivity index (χ0) is 17.2. The first-order valence-corrected chi connectivity index (χ1v) is 8.63. The van der Waals surface area contributed by atoms with Gasteiger partial charge < -0.3 is 5.11 Å². The van der Waals surface area contributed by atoms with E-state index in [0.29, 0.717) is 0 Å². The van der Waals surface area contributed by atoms with Gasteiger partial charge in [0, 0.05) is 31.5 Å². The van der Waals surface area contributed by atoms with E-state index in [1.807, 2.05) is 53.3 Å². The number of aliphatic hydroxyl groups excluding tert-OH is 1. The van der Waals surface area contributed by atoms with Crippen LogP contribution in [0.4, 0.5) is 0 Å². The van der Waals surface area contributed by atoms with Gasteiger partial charge in [-0.15, -0.1) is 0 Å². The molecule has 1 aromatic carbocycles. The molecule has 0 spiro atoms. The Morgan fingerprint density at radius 1 is 1.12 bits per heavy atom. The molecule has 0 unspecified atom stereocenters. The summed E-state index contributed by atoms with van der Waals surface area (Å²) in [5.41, 5.74) is 5.10. The molecule has 3 heterocycles. The van der Waals surface area contributed by atoms with Crippen LogP contribution >= 0.6 is 0 Å². The maximum absolute atomic E-state index is 10.6. The van der Waals surface area contributed by atoms with Crippen molar-refractivity contribution in [1.29, 1.82) is 0 Å². The van der Waals surface area contributed by atoms with Crippen molar-refractivity contribution < 1.29 is 5.11 Å². The third-order valence-corrected chi connectivity index (χ3v) is 4.80. The molecule has 0 bridgehead atoms. The molecule has 5 nitrogen and oxygen atoms in total. The van der Waals surface area contributed by atoms with Gasteiger partial charge in [0.2, 0.25) is 0 Å². The van der Waals surface area contributed by atoms with Crippen LogP contribution in [-0.4, -0.2) is 31.3 Å². The Morgan fingerprint density at radius 2 is 1.96 bits per heavy atom. The number of benzene rings is 1. The molecular formula is C20H22N4O. The Labute approximate surface area is 147 Å². The van der Waals surface area contributed by atoms with Gasteiger partial charge in [-0.05, 0) is 30.2 Å². The molecule has 0 saturated heterocycles. The first kappa shape index (κ1) is 16.0. The van der Waals surface area contributed by atoms with Gasteiger partial charge in [-0.2, -0.15) is 5.10 Å². The van der Waals surface area contributed by atoms with E-state index in [0.717, 1.165) is 48.8 Å². The molecular weight excluding hydrogens is 312 g/mol. The minimum atomic E-state index is -0.673. The van der Waals surface area contributed by atoms with Gasteiger partial charge in [0.05, 0.1) is 17.9 Å². The largest absolute Gasteiger partial charge is 0.382 e. The van der Waals surface area contributed by atoms with E-state index in [1.165, 1.54) is 5.56 Å². The van der Waals surface area contributed by atoms with Crippen molar-refractivity contribution in [1.82, 2.24) is 19.7 Å². The normalized spacial score (nSPS) is 15.8. The van der Waals surface area contributed by atoms with Crippen molar-refractivity contribution in [3.05, 3.63) is 82.9 Å². The second kappa shape index (κ2) is 6.78. The molecule has 3 aromatic rings. The van der Waals surface area contributed by atoms with Gasteiger partial charge in [-0.25, -0.2) is 0 Å². The molecule has 5 heteroatoms. The van der Waals surface area contributed by atoms with Crippen molar-refractivity contribution in [2.75, 3.05) is 6.54 Å². The van der Waals surface area contributed by atoms with Gasteiger partial charge >= 0.3 is 0 Å². The second-order valence-electron chi connectivity index (χ2n) is 6.56. The average Bonchev–Trinajstić information content (AvgIpc) is 3.07. The highest BCUT2D eigenvalue weighted by atomic mass is 16.3. The molecule has 0 saturated carbocycles. The first-order chi connectivity index (χ1) is 12.2. The monoisotopic (exact) mass is 334 g/mol. The maximum atomic E-state index is 10.6. The summed E-state index contributed by atoms with van der Waals surface area (Å²) >= 11 is 0. The van der Waals surface area contributed by atoms with Crippen LogP contribution in [0, 0.1) is 6.92 Å². The van der Waals surface area contributed by atoms with E-state index >= 15 is 0 Å². The lowest BCUT2D eigenvalue weighted by Crippen LogP contribution is -2.33. The van der Waals surface area contributed by atoms with Crippen LogP contribution in [0.1, 0.15) is 34.3 Å². The number of aliphatic hydroxyl groups is 1. The average molecular weight is 334 g/mol. The van der Waals surface area contributed by atoms with Crippen LogP contribution in [0.15, 0.2) is 54.7 Å². The Bertz CT molecular complexity index is 859. The van der Waals surface area contributed by atoms with Crippen molar-refractivity contribution in [2.24, 2.45) is 0 Å². The van der Waals surface area contributed by atoms with E-state index in [4.69, 9.17) is 0 Å². The summed E-state index contributed by atoms with van der Waals surface area (Å²) in [5, 5.41) is 15.2. The van der Waals surface area contributed by atoms with Crippen LogP contribution < -0.4 is 0 Å². The number of aromatic nitrogens is 3. The summed E-state index contributed by atoms with van der Waals surface area (Å²) in [6, 6.07) is 15.8. The molecule has 1 aliphatic heterocycles. The number of fused-ring (bicyclic) bond motifs is 1. The molecule has 0 fully saturated rings. The minimum absolute atomic E-state index is 0.673. The van der Waals surface area contributed by atoms with Crippen LogP contribution in [0.25, 0.3) is 0 Å². The Morgan fingerprint density at radius 3 is 2.76 bits per heavy atom. The number of pyridine rings is 1. The summed E-state index contributed by atoms with van der Waals surface area (Å²) in [4.78, 5) is 6.78. The van der Waals surface area contributed by atoms with Crippen LogP contribution in [0.5, 0.6) is 0 Å². The number of nitrogens with zero attached hydrogens (tertiary/aromatic N) is 4. The second-order valence-corrected chi connectivity index (χ2v) is 6.56. The molecule has 1 aliphatic rings. The maximum Gasteiger partial charge on any atom is 0.123 e. The summed E-state index contributed by atoms with van der Waals surface area (Å²) in [6.07, 6.45) is 1.16. The number of hydrogen-bond acceptors (Lipinski definition) is 4. The molecule has 4 rings (SSSR count). The van der Waals surface area contributed by atoms with Crippen molar-refractivity contribution in [2.45, 2.75) is 32.7 Å². The zero-order valence-corrected chi connectivity index (χ0v) is 14.3. The third kappa shape index (κ3) is 3.34. The van der Waals surface area contributed by atoms with Crippen LogP contribution in [0.2, 0.25) is 0 Å². The standard InChI is InChI=1S/C20H22N4O/c1-15-17(8-5-9-21-15)13-23-10-11-24-18(14-23)12-19(22-24)20(25)16-6-3-2-4-7-16/h2-9,12,20,25H,10-11,13-14H2,1H3/t20-/m0/s1. The smallest absolute Gasteiger partial charge is 0.123 e. The van der Waals surface area contributed by atoms with E-state index in [-0.39, 0.29) is 0 Å². The van der Waals surface area contributed by atoms with Gasteiger partial charge in [-0.3, -0.25) is 14.6 Å². The van der Waals surface area contributed by atoms with Gasteiger partial charge in [0.25, 0.3) is 0 Å². The Kier molecular flexibility index (Phi) is 4.34. The summed E-state index contributed by atoms with van der Waals surface area (Å²) in [7, 11) is 0. The van der Waals surface area contributed by atoms with Crippen molar-refractivity contribution >= 4 is 0 Å². The molecule has 1 N–H and O–H groups in total. The lowest BCUT2D eigenvalue weighted by molar-refractivity contribution is 0.200. The zero-order valence-electron chi connectivity index (χ0n) is 14.3. The topological polar surface area (TPSA) is 54.2 Å². The SMILES string of the molecule is Cc1ncccc1CN1CCn2nc([C@@H](O)c3ccccc3)cc2C1. The fraction of sp³-hybridized carbons (Fsp3) is 0.300.